The van der Waals surface area contributed by atoms with Gasteiger partial charge in [-0.1, -0.05) is 0 Å². The van der Waals surface area contributed by atoms with Crippen LogP contribution in [-0.2, 0) is 17.8 Å². The average molecular weight is 280 g/mol. The molecular formula is C16H28N2O2. The minimum atomic E-state index is 0.111. The van der Waals surface area contributed by atoms with Gasteiger partial charge in [-0.3, -0.25) is 4.90 Å². The van der Waals surface area contributed by atoms with E-state index in [9.17, 15) is 0 Å². The smallest absolute Gasteiger partial charge is 0.120 e. The topological polar surface area (TPSA) is 37.6 Å². The van der Waals surface area contributed by atoms with Crippen LogP contribution in [0.4, 0.5) is 0 Å². The monoisotopic (exact) mass is 280 g/mol. The minimum absolute atomic E-state index is 0.111. The molecule has 1 aliphatic heterocycles. The molecule has 1 fully saturated rings. The lowest BCUT2D eigenvalue weighted by molar-refractivity contribution is 0.106. The molecule has 1 unspecified atom stereocenters. The van der Waals surface area contributed by atoms with Gasteiger partial charge in [0.05, 0.1) is 19.2 Å². The Hall–Kier alpha value is -0.840. The third kappa shape index (κ3) is 4.33. The molecule has 1 aromatic heterocycles. The summed E-state index contributed by atoms with van der Waals surface area (Å²) in [7, 11) is 1.79. The van der Waals surface area contributed by atoms with Crippen LogP contribution in [0.2, 0.25) is 0 Å². The second-order valence-corrected chi connectivity index (χ2v) is 6.80. The highest BCUT2D eigenvalue weighted by molar-refractivity contribution is 5.20. The molecule has 0 saturated carbocycles. The van der Waals surface area contributed by atoms with Crippen molar-refractivity contribution in [2.75, 3.05) is 20.2 Å². The van der Waals surface area contributed by atoms with Gasteiger partial charge in [-0.2, -0.15) is 0 Å². The Morgan fingerprint density at radius 3 is 2.80 bits per heavy atom. The molecule has 0 radical (unpaired) electrons. The summed E-state index contributed by atoms with van der Waals surface area (Å²) in [6.07, 6.45) is 1.50. The Balaban J connectivity index is 1.90. The van der Waals surface area contributed by atoms with Crippen molar-refractivity contribution in [1.82, 2.24) is 10.2 Å². The Kier molecular flexibility index (Phi) is 4.89. The number of rotatable bonds is 5. The van der Waals surface area contributed by atoms with E-state index in [4.69, 9.17) is 9.15 Å². The largest absolute Gasteiger partial charge is 0.463 e. The molecule has 20 heavy (non-hydrogen) atoms. The molecule has 114 valence electrons. The molecule has 4 nitrogen and oxygen atoms in total. The van der Waals surface area contributed by atoms with Gasteiger partial charge in [-0.15, -0.1) is 0 Å². The average Bonchev–Trinajstić information content (AvgIpc) is 2.93. The molecule has 4 heteroatoms. The number of nitrogens with one attached hydrogen (secondary N) is 1. The minimum Gasteiger partial charge on any atom is -0.463 e. The molecule has 2 heterocycles. The Morgan fingerprint density at radius 2 is 2.20 bits per heavy atom. The number of furan rings is 1. The highest BCUT2D eigenvalue weighted by Crippen LogP contribution is 2.20. The molecule has 1 aliphatic rings. The maximum atomic E-state index is 6.00. The van der Waals surface area contributed by atoms with Crippen molar-refractivity contribution < 1.29 is 9.15 Å². The summed E-state index contributed by atoms with van der Waals surface area (Å²) < 4.78 is 11.4. The van der Waals surface area contributed by atoms with E-state index in [1.807, 2.05) is 0 Å². The first kappa shape index (κ1) is 15.5. The molecule has 1 aromatic rings. The predicted molar refractivity (Wildman–Crippen MR) is 80.7 cm³/mol. The number of nitrogens with zero attached hydrogens (tertiary/aromatic N) is 1. The van der Waals surface area contributed by atoms with E-state index in [0.717, 1.165) is 44.1 Å². The summed E-state index contributed by atoms with van der Waals surface area (Å²) in [5.41, 5.74) is 1.35. The highest BCUT2D eigenvalue weighted by Gasteiger charge is 2.23. The van der Waals surface area contributed by atoms with Crippen LogP contribution in [0.15, 0.2) is 10.5 Å². The van der Waals surface area contributed by atoms with Gasteiger partial charge in [-0.05, 0) is 45.7 Å². The second kappa shape index (κ2) is 6.29. The summed E-state index contributed by atoms with van der Waals surface area (Å²) in [4.78, 5) is 2.40. The summed E-state index contributed by atoms with van der Waals surface area (Å²) in [5.74, 6) is 2.11. The van der Waals surface area contributed by atoms with Gasteiger partial charge in [0.15, 0.2) is 0 Å². The zero-order valence-corrected chi connectivity index (χ0v) is 13.5. The predicted octanol–water partition coefficient (Wildman–Crippen LogP) is 2.70. The first-order valence-electron chi connectivity index (χ1n) is 7.46. The number of methoxy groups -OCH3 is 1. The van der Waals surface area contributed by atoms with Crippen LogP contribution < -0.4 is 5.32 Å². The Morgan fingerprint density at radius 1 is 1.45 bits per heavy atom. The molecule has 1 atom stereocenters. The molecule has 0 aromatic carbocycles. The van der Waals surface area contributed by atoms with Gasteiger partial charge in [0.25, 0.3) is 0 Å². The first-order valence-corrected chi connectivity index (χ1v) is 7.46. The maximum absolute atomic E-state index is 6.00. The molecule has 1 saturated heterocycles. The number of aryl methyl sites for hydroxylation is 1. The third-order valence-corrected chi connectivity index (χ3v) is 3.79. The summed E-state index contributed by atoms with van der Waals surface area (Å²) in [5, 5.41) is 3.47. The fourth-order valence-electron chi connectivity index (χ4n) is 2.54. The van der Waals surface area contributed by atoms with Gasteiger partial charge in [0.1, 0.15) is 11.5 Å². The molecule has 0 spiro atoms. The Labute approximate surface area is 122 Å². The van der Waals surface area contributed by atoms with Gasteiger partial charge >= 0.3 is 0 Å². The van der Waals surface area contributed by atoms with Crippen molar-refractivity contribution in [2.24, 2.45) is 0 Å². The molecule has 1 N–H and O–H groups in total. The lowest BCUT2D eigenvalue weighted by atomic mass is 10.1. The standard InChI is InChI=1S/C16H28N2O2/c1-12-8-14(11-18-7-6-13(10-18)19-5)20-15(12)9-17-16(2,3)4/h8,13,17H,6-7,9-11H2,1-5H3. The van der Waals surface area contributed by atoms with Gasteiger partial charge in [0.2, 0.25) is 0 Å². The van der Waals surface area contributed by atoms with Gasteiger partial charge in [-0.25, -0.2) is 0 Å². The zero-order chi connectivity index (χ0) is 14.8. The van der Waals surface area contributed by atoms with Crippen molar-refractivity contribution >= 4 is 0 Å². The fraction of sp³-hybridized carbons (Fsp3) is 0.750. The number of likely N-dealkylation sites (tertiary alicyclic amines) is 1. The van der Waals surface area contributed by atoms with E-state index in [2.05, 4.69) is 44.0 Å². The van der Waals surface area contributed by atoms with E-state index < -0.39 is 0 Å². The van der Waals surface area contributed by atoms with E-state index in [1.165, 1.54) is 5.56 Å². The van der Waals surface area contributed by atoms with E-state index >= 15 is 0 Å². The Bertz CT molecular complexity index is 434. The quantitative estimate of drug-likeness (QED) is 0.900. The third-order valence-electron chi connectivity index (χ3n) is 3.79. The molecular weight excluding hydrogens is 252 g/mol. The van der Waals surface area contributed by atoms with Crippen molar-refractivity contribution in [1.29, 1.82) is 0 Å². The summed E-state index contributed by atoms with van der Waals surface area (Å²) >= 11 is 0. The van der Waals surface area contributed by atoms with Crippen LogP contribution in [-0.4, -0.2) is 36.7 Å². The highest BCUT2D eigenvalue weighted by atomic mass is 16.5. The molecule has 2 rings (SSSR count). The van der Waals surface area contributed by atoms with Crippen molar-refractivity contribution in [3.63, 3.8) is 0 Å². The van der Waals surface area contributed by atoms with E-state index in [1.54, 1.807) is 7.11 Å². The molecule has 0 amide bonds. The van der Waals surface area contributed by atoms with Gasteiger partial charge in [0, 0.05) is 25.7 Å². The number of ether oxygens (including phenoxy) is 1. The zero-order valence-electron chi connectivity index (χ0n) is 13.5. The fourth-order valence-corrected chi connectivity index (χ4v) is 2.54. The lowest BCUT2D eigenvalue weighted by Gasteiger charge is -2.19. The van der Waals surface area contributed by atoms with Crippen LogP contribution in [0.25, 0.3) is 0 Å². The van der Waals surface area contributed by atoms with Crippen LogP contribution in [0.5, 0.6) is 0 Å². The van der Waals surface area contributed by atoms with Crippen LogP contribution in [0.3, 0.4) is 0 Å². The first-order chi connectivity index (χ1) is 9.37. The molecule has 0 bridgehead atoms. The van der Waals surface area contributed by atoms with Crippen molar-refractivity contribution in [2.45, 2.75) is 58.8 Å². The molecule has 0 aliphatic carbocycles. The van der Waals surface area contributed by atoms with E-state index in [0.29, 0.717) is 6.10 Å². The van der Waals surface area contributed by atoms with Crippen LogP contribution in [0.1, 0.15) is 44.3 Å². The van der Waals surface area contributed by atoms with E-state index in [-0.39, 0.29) is 5.54 Å². The number of hydrogen-bond acceptors (Lipinski definition) is 4. The van der Waals surface area contributed by atoms with Crippen molar-refractivity contribution in [3.05, 3.63) is 23.2 Å². The summed E-state index contributed by atoms with van der Waals surface area (Å²) in [6.45, 7) is 12.4. The van der Waals surface area contributed by atoms with Crippen LogP contribution >= 0.6 is 0 Å². The SMILES string of the molecule is COC1CCN(Cc2cc(C)c(CNC(C)(C)C)o2)C1. The maximum Gasteiger partial charge on any atom is 0.120 e. The number of hydrogen-bond donors (Lipinski definition) is 1. The summed E-state index contributed by atoms with van der Waals surface area (Å²) in [6, 6.07) is 2.17. The van der Waals surface area contributed by atoms with Crippen LogP contribution in [0, 0.1) is 6.92 Å². The normalized spacial score (nSPS) is 20.8. The second-order valence-electron chi connectivity index (χ2n) is 6.80. The lowest BCUT2D eigenvalue weighted by Crippen LogP contribution is -2.35. The van der Waals surface area contributed by atoms with Gasteiger partial charge < -0.3 is 14.5 Å². The van der Waals surface area contributed by atoms with Crippen molar-refractivity contribution in [3.8, 4) is 0 Å².